The third kappa shape index (κ3) is 3.25. The van der Waals surface area contributed by atoms with Gasteiger partial charge in [0.25, 0.3) is 0 Å². The lowest BCUT2D eigenvalue weighted by Gasteiger charge is -2.15. The van der Waals surface area contributed by atoms with Crippen LogP contribution in [0.25, 0.3) is 0 Å². The van der Waals surface area contributed by atoms with Crippen molar-refractivity contribution < 1.29 is 8.42 Å². The van der Waals surface area contributed by atoms with Crippen LogP contribution in [0, 0.1) is 6.92 Å². The van der Waals surface area contributed by atoms with E-state index in [1.165, 1.54) is 5.57 Å². The minimum absolute atomic E-state index is 0.398. The van der Waals surface area contributed by atoms with Gasteiger partial charge in [-0.3, -0.25) is 0 Å². The number of unbranched alkanes of at least 4 members (excludes halogenated alkanes) is 1. The van der Waals surface area contributed by atoms with Gasteiger partial charge in [0, 0.05) is 13.1 Å². The molecule has 0 N–H and O–H groups in total. The molecule has 1 aliphatic rings. The van der Waals surface area contributed by atoms with Crippen molar-refractivity contribution in [3.8, 4) is 0 Å². The number of allylic oxidation sites excluding steroid dienone is 1. The molecule has 0 atom stereocenters. The molecule has 2 rings (SSSR count). The molecule has 0 aromatic heterocycles. The van der Waals surface area contributed by atoms with Crippen LogP contribution in [0.1, 0.15) is 31.7 Å². The van der Waals surface area contributed by atoms with Gasteiger partial charge < -0.3 is 0 Å². The van der Waals surface area contributed by atoms with E-state index in [-0.39, 0.29) is 0 Å². The monoisotopic (exact) mass is 279 g/mol. The number of aryl methyl sites for hydroxylation is 1. The summed E-state index contributed by atoms with van der Waals surface area (Å²) in [6, 6.07) is 7.07. The minimum atomic E-state index is -3.32. The Hall–Kier alpha value is -1.13. The smallest absolute Gasteiger partial charge is 0.207 e. The second kappa shape index (κ2) is 5.88. The molecule has 0 amide bonds. The summed E-state index contributed by atoms with van der Waals surface area (Å²) in [5.74, 6) is 0. The average Bonchev–Trinajstić information content (AvgIpc) is 2.86. The van der Waals surface area contributed by atoms with Gasteiger partial charge in [0.2, 0.25) is 10.0 Å². The summed E-state index contributed by atoms with van der Waals surface area (Å²) in [7, 11) is -3.32. The Morgan fingerprint density at radius 3 is 2.58 bits per heavy atom. The van der Waals surface area contributed by atoms with Crippen LogP contribution < -0.4 is 0 Å². The molecule has 0 spiro atoms. The summed E-state index contributed by atoms with van der Waals surface area (Å²) < 4.78 is 26.5. The summed E-state index contributed by atoms with van der Waals surface area (Å²) in [5, 5.41) is 0. The fourth-order valence-electron chi connectivity index (χ4n) is 2.23. The second-order valence-electron chi connectivity index (χ2n) is 5.05. The molecule has 0 saturated carbocycles. The van der Waals surface area contributed by atoms with Crippen LogP contribution in [-0.2, 0) is 10.0 Å². The first-order valence-electron chi connectivity index (χ1n) is 6.78. The van der Waals surface area contributed by atoms with Crippen molar-refractivity contribution in [2.24, 2.45) is 0 Å². The number of benzene rings is 1. The maximum atomic E-state index is 12.5. The standard InChI is InChI=1S/C15H21NO2S/c1-3-4-5-14-10-11-16(12-14)19(17,18)15-8-6-13(2)7-9-15/h5-9H,3-4,10-12H2,1-2H3/b14-5+. The highest BCUT2D eigenvalue weighted by Crippen LogP contribution is 2.24. The second-order valence-corrected chi connectivity index (χ2v) is 6.99. The molecule has 1 aromatic rings. The predicted octanol–water partition coefficient (Wildman–Crippen LogP) is 3.12. The highest BCUT2D eigenvalue weighted by molar-refractivity contribution is 7.89. The molecule has 104 valence electrons. The number of hydrogen-bond acceptors (Lipinski definition) is 2. The molecule has 4 heteroatoms. The topological polar surface area (TPSA) is 37.4 Å². The van der Waals surface area contributed by atoms with Gasteiger partial charge >= 0.3 is 0 Å². The summed E-state index contributed by atoms with van der Waals surface area (Å²) >= 11 is 0. The third-order valence-corrected chi connectivity index (χ3v) is 5.30. The van der Waals surface area contributed by atoms with E-state index in [9.17, 15) is 8.42 Å². The maximum absolute atomic E-state index is 12.5. The summed E-state index contributed by atoms with van der Waals surface area (Å²) in [5.41, 5.74) is 2.32. The lowest BCUT2D eigenvalue weighted by Crippen LogP contribution is -2.28. The maximum Gasteiger partial charge on any atom is 0.243 e. The van der Waals surface area contributed by atoms with Gasteiger partial charge in [-0.15, -0.1) is 0 Å². The van der Waals surface area contributed by atoms with Gasteiger partial charge in [-0.05, 0) is 31.9 Å². The van der Waals surface area contributed by atoms with Crippen molar-refractivity contribution in [3.05, 3.63) is 41.5 Å². The van der Waals surface area contributed by atoms with E-state index in [2.05, 4.69) is 13.0 Å². The summed E-state index contributed by atoms with van der Waals surface area (Å²) in [6.45, 7) is 5.24. The molecule has 1 heterocycles. The lowest BCUT2D eigenvalue weighted by molar-refractivity contribution is 0.481. The van der Waals surface area contributed by atoms with Gasteiger partial charge in [0.1, 0.15) is 0 Å². The zero-order valence-corrected chi connectivity index (χ0v) is 12.4. The van der Waals surface area contributed by atoms with Crippen molar-refractivity contribution in [2.45, 2.75) is 38.0 Å². The molecule has 19 heavy (non-hydrogen) atoms. The van der Waals surface area contributed by atoms with Crippen molar-refractivity contribution in [1.29, 1.82) is 0 Å². The quantitative estimate of drug-likeness (QED) is 0.794. The number of sulfonamides is 1. The molecule has 0 bridgehead atoms. The zero-order valence-electron chi connectivity index (χ0n) is 11.6. The summed E-state index contributed by atoms with van der Waals surface area (Å²) in [4.78, 5) is 0.398. The molecule has 1 saturated heterocycles. The molecule has 0 radical (unpaired) electrons. The van der Waals surface area contributed by atoms with Gasteiger partial charge in [-0.2, -0.15) is 4.31 Å². The highest BCUT2D eigenvalue weighted by atomic mass is 32.2. The average molecular weight is 279 g/mol. The SMILES string of the molecule is CCC/C=C1\CCN(S(=O)(=O)c2ccc(C)cc2)C1. The van der Waals surface area contributed by atoms with E-state index in [1.807, 2.05) is 19.1 Å². The fourth-order valence-corrected chi connectivity index (χ4v) is 3.68. The number of rotatable bonds is 4. The number of hydrogen-bond donors (Lipinski definition) is 0. The molecular weight excluding hydrogens is 258 g/mol. The first kappa shape index (κ1) is 14.3. The van der Waals surface area contributed by atoms with Crippen LogP contribution >= 0.6 is 0 Å². The Labute approximate surface area is 116 Å². The molecule has 0 aliphatic carbocycles. The Kier molecular flexibility index (Phi) is 4.42. The van der Waals surface area contributed by atoms with E-state index in [4.69, 9.17) is 0 Å². The van der Waals surface area contributed by atoms with E-state index < -0.39 is 10.0 Å². The van der Waals surface area contributed by atoms with Gasteiger partial charge in [-0.1, -0.05) is 42.7 Å². The van der Waals surface area contributed by atoms with Crippen LogP contribution in [0.3, 0.4) is 0 Å². The highest BCUT2D eigenvalue weighted by Gasteiger charge is 2.29. The first-order chi connectivity index (χ1) is 9.04. The van der Waals surface area contributed by atoms with Crippen LogP contribution in [0.5, 0.6) is 0 Å². The Bertz CT molecular complexity index is 558. The molecule has 3 nitrogen and oxygen atoms in total. The van der Waals surface area contributed by atoms with Gasteiger partial charge in [0.15, 0.2) is 0 Å². The molecule has 1 aliphatic heterocycles. The van der Waals surface area contributed by atoms with E-state index in [1.54, 1.807) is 16.4 Å². The predicted molar refractivity (Wildman–Crippen MR) is 77.5 cm³/mol. The van der Waals surface area contributed by atoms with Crippen LogP contribution in [0.2, 0.25) is 0 Å². The van der Waals surface area contributed by atoms with Crippen LogP contribution in [-0.4, -0.2) is 25.8 Å². The van der Waals surface area contributed by atoms with Gasteiger partial charge in [0.05, 0.1) is 4.90 Å². The van der Waals surface area contributed by atoms with E-state index in [0.29, 0.717) is 18.0 Å². The number of nitrogens with zero attached hydrogens (tertiary/aromatic N) is 1. The Morgan fingerprint density at radius 1 is 1.26 bits per heavy atom. The van der Waals surface area contributed by atoms with Crippen LogP contribution in [0.15, 0.2) is 40.8 Å². The summed E-state index contributed by atoms with van der Waals surface area (Å²) in [6.07, 6.45) is 5.19. The third-order valence-electron chi connectivity index (χ3n) is 3.44. The molecule has 1 aromatic carbocycles. The largest absolute Gasteiger partial charge is 0.243 e. The fraction of sp³-hybridized carbons (Fsp3) is 0.467. The van der Waals surface area contributed by atoms with Crippen LogP contribution in [0.4, 0.5) is 0 Å². The lowest BCUT2D eigenvalue weighted by atomic mass is 10.2. The Balaban J connectivity index is 2.16. The van der Waals surface area contributed by atoms with E-state index >= 15 is 0 Å². The Morgan fingerprint density at radius 2 is 1.95 bits per heavy atom. The van der Waals surface area contributed by atoms with Crippen molar-refractivity contribution in [2.75, 3.05) is 13.1 Å². The zero-order chi connectivity index (χ0) is 13.9. The van der Waals surface area contributed by atoms with Gasteiger partial charge in [-0.25, -0.2) is 8.42 Å². The first-order valence-corrected chi connectivity index (χ1v) is 8.23. The molecule has 0 unspecified atom stereocenters. The molecule has 1 fully saturated rings. The minimum Gasteiger partial charge on any atom is -0.207 e. The van der Waals surface area contributed by atoms with E-state index in [0.717, 1.165) is 24.8 Å². The molecular formula is C15H21NO2S. The van der Waals surface area contributed by atoms with Crippen molar-refractivity contribution >= 4 is 10.0 Å². The van der Waals surface area contributed by atoms with Crippen molar-refractivity contribution in [3.63, 3.8) is 0 Å². The normalized spacial score (nSPS) is 19.2. The van der Waals surface area contributed by atoms with Crippen molar-refractivity contribution in [1.82, 2.24) is 4.31 Å².